The summed E-state index contributed by atoms with van der Waals surface area (Å²) >= 11 is 0. The molecule has 0 bridgehead atoms. The van der Waals surface area contributed by atoms with Crippen LogP contribution in [0.2, 0.25) is 0 Å². The van der Waals surface area contributed by atoms with Crippen LogP contribution in [-0.2, 0) is 0 Å². The van der Waals surface area contributed by atoms with E-state index in [2.05, 4.69) is 0 Å². The molecule has 1 rings (SSSR count). The Morgan fingerprint density at radius 3 is 2.57 bits per heavy atom. The third kappa shape index (κ3) is 2.87. The maximum absolute atomic E-state index is 11.7. The lowest BCUT2D eigenvalue weighted by Gasteiger charge is -2.02. The zero-order valence-electron chi connectivity index (χ0n) is 9.62. The van der Waals surface area contributed by atoms with E-state index in [0.29, 0.717) is 12.0 Å². The number of carbonyl (C=O) groups excluding carboxylic acids is 1. The van der Waals surface area contributed by atoms with E-state index in [1.54, 1.807) is 31.4 Å². The molecule has 0 aliphatic carbocycles. The van der Waals surface area contributed by atoms with Crippen molar-refractivity contribution in [2.45, 2.75) is 26.2 Å². The van der Waals surface area contributed by atoms with Crippen molar-refractivity contribution in [1.82, 2.24) is 0 Å². The molecule has 0 heterocycles. The van der Waals surface area contributed by atoms with Crippen LogP contribution in [0.15, 0.2) is 24.3 Å². The Balaban J connectivity index is 2.73. The summed E-state index contributed by atoms with van der Waals surface area (Å²) in [7, 11) is 1.58. The summed E-state index contributed by atoms with van der Waals surface area (Å²) in [5.74, 6) is 0.614. The minimum atomic E-state index is -0.636. The number of hydrogen-bond donors (Lipinski definition) is 0. The summed E-state index contributed by atoms with van der Waals surface area (Å²) in [5.41, 5.74) is 0.587. The average Bonchev–Trinajstić information content (AvgIpc) is 2.28. The van der Waals surface area contributed by atoms with Gasteiger partial charge in [0.05, 0.1) is 7.11 Å². The lowest BCUT2D eigenvalue weighted by Crippen LogP contribution is -1.98. The summed E-state index contributed by atoms with van der Waals surface area (Å²) in [6, 6.07) is 6.90. The molecule has 76 valence electrons. The van der Waals surface area contributed by atoms with Gasteiger partial charge in [-0.3, -0.25) is 4.79 Å². The number of Topliss-reactive ketones (excluding diaryl/α,β-unsaturated/α-hetero) is 1. The second-order valence-electron chi connectivity index (χ2n) is 3.09. The van der Waals surface area contributed by atoms with Crippen molar-refractivity contribution in [2.75, 3.05) is 7.11 Å². The van der Waals surface area contributed by atoms with Gasteiger partial charge in [0, 0.05) is 13.3 Å². The second-order valence-corrected chi connectivity index (χ2v) is 3.09. The van der Waals surface area contributed by atoms with Crippen molar-refractivity contribution in [1.29, 1.82) is 0 Å². The fourth-order valence-corrected chi connectivity index (χ4v) is 1.15. The number of ether oxygens (including phenoxy) is 1. The van der Waals surface area contributed by atoms with Crippen molar-refractivity contribution in [3.8, 4) is 5.75 Å². The first-order valence-corrected chi connectivity index (χ1v) is 4.79. The molecule has 0 aromatic heterocycles. The fourth-order valence-electron chi connectivity index (χ4n) is 1.15. The normalized spacial score (nSPS) is 13.1. The van der Waals surface area contributed by atoms with Crippen LogP contribution in [0.5, 0.6) is 5.75 Å². The van der Waals surface area contributed by atoms with Gasteiger partial charge in [-0.25, -0.2) is 0 Å². The summed E-state index contributed by atoms with van der Waals surface area (Å²) in [6.07, 6.45) is 0.837. The first-order chi connectivity index (χ1) is 7.19. The quantitative estimate of drug-likeness (QED) is 0.672. The molecule has 0 aliphatic rings. The molecule has 1 unspecified atom stereocenters. The van der Waals surface area contributed by atoms with Crippen molar-refractivity contribution in [2.24, 2.45) is 0 Å². The molecule has 0 amide bonds. The molecule has 2 nitrogen and oxygen atoms in total. The van der Waals surface area contributed by atoms with Crippen LogP contribution < -0.4 is 4.74 Å². The van der Waals surface area contributed by atoms with Crippen LogP contribution in [0.3, 0.4) is 0 Å². The molecule has 0 radical (unpaired) electrons. The molecule has 14 heavy (non-hydrogen) atoms. The molecular formula is C12H16O2. The second kappa shape index (κ2) is 5.43. The van der Waals surface area contributed by atoms with Gasteiger partial charge < -0.3 is 4.74 Å². The predicted octanol–water partition coefficient (Wildman–Crippen LogP) is 3.07. The van der Waals surface area contributed by atoms with Gasteiger partial charge in [0.1, 0.15) is 5.75 Å². The zero-order valence-corrected chi connectivity index (χ0v) is 8.62. The topological polar surface area (TPSA) is 26.3 Å². The van der Waals surface area contributed by atoms with Crippen molar-refractivity contribution < 1.29 is 10.9 Å². The Bertz CT molecular complexity index is 319. The maximum Gasteiger partial charge on any atom is 0.162 e. The predicted molar refractivity (Wildman–Crippen MR) is 56.8 cm³/mol. The molecule has 2 heteroatoms. The highest BCUT2D eigenvalue weighted by molar-refractivity contribution is 5.96. The van der Waals surface area contributed by atoms with Gasteiger partial charge in [0.25, 0.3) is 0 Å². The van der Waals surface area contributed by atoms with Gasteiger partial charge in [0.2, 0.25) is 0 Å². The van der Waals surface area contributed by atoms with Gasteiger partial charge in [-0.15, -0.1) is 0 Å². The van der Waals surface area contributed by atoms with Gasteiger partial charge in [-0.1, -0.05) is 13.3 Å². The third-order valence-corrected chi connectivity index (χ3v) is 1.99. The maximum atomic E-state index is 11.7. The number of hydrogen-bond acceptors (Lipinski definition) is 2. The molecule has 0 saturated carbocycles. The lowest BCUT2D eigenvalue weighted by molar-refractivity contribution is 0.0980. The Morgan fingerprint density at radius 1 is 1.43 bits per heavy atom. The SMILES string of the molecule is [2H]C(CCC)C(=O)c1ccc(OC)cc1. The van der Waals surface area contributed by atoms with E-state index >= 15 is 0 Å². The molecule has 0 fully saturated rings. The van der Waals surface area contributed by atoms with Crippen molar-refractivity contribution >= 4 is 5.78 Å². The van der Waals surface area contributed by atoms with E-state index in [9.17, 15) is 4.79 Å². The van der Waals surface area contributed by atoms with E-state index in [1.165, 1.54) is 0 Å². The van der Waals surface area contributed by atoms with Gasteiger partial charge in [-0.05, 0) is 30.7 Å². The molecular weight excluding hydrogens is 176 g/mol. The van der Waals surface area contributed by atoms with Gasteiger partial charge in [0.15, 0.2) is 5.78 Å². The number of methoxy groups -OCH3 is 1. The number of benzene rings is 1. The summed E-state index contributed by atoms with van der Waals surface area (Å²) < 4.78 is 12.6. The highest BCUT2D eigenvalue weighted by Gasteiger charge is 2.04. The van der Waals surface area contributed by atoms with E-state index in [4.69, 9.17) is 6.11 Å². The van der Waals surface area contributed by atoms with Crippen LogP contribution in [0.4, 0.5) is 0 Å². The molecule has 1 atom stereocenters. The monoisotopic (exact) mass is 193 g/mol. The molecule has 1 aromatic carbocycles. The van der Waals surface area contributed by atoms with E-state index in [0.717, 1.165) is 12.2 Å². The zero-order chi connectivity index (χ0) is 11.3. The van der Waals surface area contributed by atoms with Crippen LogP contribution in [0.25, 0.3) is 0 Å². The van der Waals surface area contributed by atoms with Crippen LogP contribution in [-0.4, -0.2) is 12.9 Å². The van der Waals surface area contributed by atoms with E-state index < -0.39 is 6.40 Å². The van der Waals surface area contributed by atoms with Gasteiger partial charge in [-0.2, -0.15) is 0 Å². The highest BCUT2D eigenvalue weighted by atomic mass is 16.5. The van der Waals surface area contributed by atoms with Crippen molar-refractivity contribution in [3.05, 3.63) is 29.8 Å². The third-order valence-electron chi connectivity index (χ3n) is 1.99. The Labute approximate surface area is 86.3 Å². The lowest BCUT2D eigenvalue weighted by atomic mass is 10.1. The number of ketones is 1. The largest absolute Gasteiger partial charge is 0.497 e. The highest BCUT2D eigenvalue weighted by Crippen LogP contribution is 2.13. The average molecular weight is 193 g/mol. The molecule has 0 aliphatic heterocycles. The minimum Gasteiger partial charge on any atom is -0.497 e. The van der Waals surface area contributed by atoms with Crippen molar-refractivity contribution in [3.63, 3.8) is 0 Å². The Morgan fingerprint density at radius 2 is 2.07 bits per heavy atom. The molecule has 0 saturated heterocycles. The van der Waals surface area contributed by atoms with Gasteiger partial charge >= 0.3 is 0 Å². The van der Waals surface area contributed by atoms with Crippen LogP contribution >= 0.6 is 0 Å². The number of carbonyl (C=O) groups is 1. The standard InChI is InChI=1S/C12H16O2/c1-3-4-5-12(13)10-6-8-11(14-2)9-7-10/h6-9H,3-5H2,1-2H3/i5D. The fraction of sp³-hybridized carbons (Fsp3) is 0.417. The first kappa shape index (κ1) is 9.25. The summed E-state index contributed by atoms with van der Waals surface area (Å²) in [6.45, 7) is 1.98. The molecule has 0 N–H and O–H groups in total. The Kier molecular flexibility index (Phi) is 3.59. The van der Waals surface area contributed by atoms with E-state index in [1.807, 2.05) is 6.92 Å². The minimum absolute atomic E-state index is 0.112. The summed E-state index contributed by atoms with van der Waals surface area (Å²) in [4.78, 5) is 11.7. The first-order valence-electron chi connectivity index (χ1n) is 5.37. The Hall–Kier alpha value is -1.31. The molecule has 1 aromatic rings. The summed E-state index contributed by atoms with van der Waals surface area (Å²) in [5, 5.41) is 0. The molecule has 0 spiro atoms. The van der Waals surface area contributed by atoms with Crippen LogP contribution in [0, 0.1) is 0 Å². The van der Waals surface area contributed by atoms with Crippen LogP contribution in [0.1, 0.15) is 37.9 Å². The smallest absolute Gasteiger partial charge is 0.162 e. The van der Waals surface area contributed by atoms with E-state index in [-0.39, 0.29) is 5.78 Å². The number of rotatable bonds is 5.